The first-order valence-electron chi connectivity index (χ1n) is 42.4. The highest BCUT2D eigenvalue weighted by molar-refractivity contribution is 9.10. The van der Waals surface area contributed by atoms with Gasteiger partial charge in [0, 0.05) is 102 Å². The van der Waals surface area contributed by atoms with E-state index in [1.54, 1.807) is 131 Å². The van der Waals surface area contributed by atoms with Crippen LogP contribution >= 0.6 is 15.9 Å². The zero-order valence-corrected chi connectivity index (χ0v) is 75.9. The number of hydrogen-bond acceptors (Lipinski definition) is 14. The summed E-state index contributed by atoms with van der Waals surface area (Å²) in [7, 11) is 6.92. The van der Waals surface area contributed by atoms with Crippen LogP contribution in [0.5, 0.6) is 11.5 Å². The van der Waals surface area contributed by atoms with Gasteiger partial charge in [0.15, 0.2) is 11.5 Å². The van der Waals surface area contributed by atoms with Crippen molar-refractivity contribution in [2.24, 2.45) is 21.1 Å². The number of carbonyl (C=O) groups is 8. The molecule has 130 heavy (non-hydrogen) atoms. The average Bonchev–Trinajstić information content (AvgIpc) is 1.57. The van der Waals surface area contributed by atoms with Gasteiger partial charge in [-0.05, 0) is 190 Å². The van der Waals surface area contributed by atoms with Crippen LogP contribution in [0.3, 0.4) is 0 Å². The number of aromatic nitrogens is 8. The molecule has 8 unspecified atom stereocenters. The van der Waals surface area contributed by atoms with E-state index in [0.717, 1.165) is 74.2 Å². The van der Waals surface area contributed by atoms with E-state index in [1.165, 1.54) is 23.8 Å². The third kappa shape index (κ3) is 19.3. The van der Waals surface area contributed by atoms with Crippen LogP contribution in [0, 0.1) is 54.3 Å². The van der Waals surface area contributed by atoms with Crippen molar-refractivity contribution in [1.82, 2.24) is 60.4 Å². The highest BCUT2D eigenvalue weighted by atomic mass is 79.9. The molecule has 17 rings (SSSR count). The molecule has 13 aromatic rings. The highest BCUT2D eigenvalue weighted by Gasteiger charge is 2.47. The summed E-state index contributed by atoms with van der Waals surface area (Å²) >= 11 is 3.22. The van der Waals surface area contributed by atoms with E-state index in [9.17, 15) is 51.5 Å². The Hall–Kier alpha value is -14.6. The number of ether oxygens (including phenoxy) is 2. The molecule has 8 amide bonds. The number of nitrogens with zero attached hydrogens (tertiary/aromatic N) is 8. The number of halogens is 4. The first kappa shape index (κ1) is 91.7. The summed E-state index contributed by atoms with van der Waals surface area (Å²) in [5.41, 5.74) is 16.1. The van der Waals surface area contributed by atoms with Gasteiger partial charge in [-0.1, -0.05) is 164 Å². The Morgan fingerprint density at radius 2 is 0.777 bits per heavy atom. The van der Waals surface area contributed by atoms with Crippen LogP contribution in [-0.2, 0) is 46.2 Å². The fourth-order valence-corrected chi connectivity index (χ4v) is 17.6. The molecule has 8 atom stereocenters. The molecule has 0 fully saturated rings. The van der Waals surface area contributed by atoms with E-state index in [-0.39, 0.29) is 51.4 Å². The smallest absolute Gasteiger partial charge is 0.270 e. The predicted octanol–water partition coefficient (Wildman–Crippen LogP) is 16.4. The third-order valence-electron chi connectivity index (χ3n) is 23.5. The standard InChI is InChI=1S/C28H24F2N4O2.C25H28N4O4.C25H28N4O2.C22H20BrFN4O2/c1-17-22-23(18-13-15-20(16-14-18)28(2,29)30)24(31-26(35)19-9-5-3-6-10-19)27(36)32-25(22)34(33-17)21-11-7-4-8-12-21;1-6-33-18-11-10-16(13-19(18)32-5)21-20-15(3)28-29(4)23(20)27-25(31)22(21)26-24(30)17-9-7-8-14(2)12-17;1-14(2)17-9-11-18(12-10-17)21-20-16(4)28-29(5)23(20)27-25(31)22(21)26-24(30)19-8-6-7-15(3)13-19;1-11-5-4-6-14(9-11)21(29)25-19-18(13-7-8-16(24)15(23)10-13)17-12(2)27-28(3)20(17)26-22(19)30/h3-16,23-24H,1-2H3,(H,31,35)(H,32,36);7-13,21-22H,6H2,1-5H3,(H,26,30)(H,27,31);6-14,21-22H,1-5H3,(H,26,30)(H,27,31);4-10,18-19H,1-3H3,(H,25,29)(H,26,30). The molecule has 668 valence electrons. The maximum absolute atomic E-state index is 13.9. The van der Waals surface area contributed by atoms with E-state index in [0.29, 0.717) is 91.9 Å². The van der Waals surface area contributed by atoms with E-state index in [1.807, 2.05) is 147 Å². The summed E-state index contributed by atoms with van der Waals surface area (Å²) < 4.78 is 59.7. The zero-order chi connectivity index (χ0) is 93.0. The van der Waals surface area contributed by atoms with Crippen molar-refractivity contribution in [3.8, 4) is 17.2 Å². The zero-order valence-electron chi connectivity index (χ0n) is 74.4. The number of hydrogen-bond donors (Lipinski definition) is 8. The molecular weight excluding hydrogens is 1720 g/mol. The number of amides is 8. The molecule has 0 spiro atoms. The SMILES string of the molecule is CCOc1ccc(C2c3c(C)nn(C)c3NC(=O)C2NC(=O)c2cccc(C)c2)cc1OC.Cc1cccc(C(=O)NC2C(=O)Nc3c(c(C)nn3C)C2c2ccc(C(C)C)cc2)c1.Cc1cccc(C(=O)NC2C(=O)Nc3c(c(C)nn3C)C2c2ccc(F)c(Br)c2)c1.Cc1nn(-c2ccccc2)c2c1C(c1ccc(C(C)(F)F)cc1)C(NC(=O)c1ccccc1)C(=O)N2. The Kier molecular flexibility index (Phi) is 27.2. The van der Waals surface area contributed by atoms with Crippen molar-refractivity contribution in [1.29, 1.82) is 0 Å². The number of aryl methyl sites for hydroxylation is 10. The van der Waals surface area contributed by atoms with Crippen LogP contribution in [0.25, 0.3) is 5.69 Å². The Morgan fingerprint density at radius 3 is 1.16 bits per heavy atom. The molecule has 4 aliphatic rings. The second-order valence-electron chi connectivity index (χ2n) is 33.0. The van der Waals surface area contributed by atoms with Gasteiger partial charge in [0.2, 0.25) is 23.6 Å². The third-order valence-corrected chi connectivity index (χ3v) is 24.1. The highest BCUT2D eigenvalue weighted by Crippen LogP contribution is 2.47. The van der Waals surface area contributed by atoms with Crippen molar-refractivity contribution in [3.63, 3.8) is 0 Å². The molecule has 0 aliphatic carbocycles. The van der Waals surface area contributed by atoms with E-state index in [2.05, 4.69) is 117 Å². The summed E-state index contributed by atoms with van der Waals surface area (Å²) in [4.78, 5) is 105. The minimum absolute atomic E-state index is 0.131. The van der Waals surface area contributed by atoms with Gasteiger partial charge < -0.3 is 52.0 Å². The number of alkyl halides is 2. The van der Waals surface area contributed by atoms with Crippen molar-refractivity contribution >= 4 is 86.5 Å². The Balaban J connectivity index is 0.000000140. The normalized spacial score (nSPS) is 17.6. The molecule has 4 aliphatic heterocycles. The molecule has 8 heterocycles. The molecule has 0 saturated heterocycles. The Morgan fingerprint density at radius 1 is 0.431 bits per heavy atom. The second kappa shape index (κ2) is 38.6. The first-order valence-corrected chi connectivity index (χ1v) is 43.2. The van der Waals surface area contributed by atoms with Gasteiger partial charge >= 0.3 is 0 Å². The van der Waals surface area contributed by atoms with Crippen molar-refractivity contribution in [3.05, 3.63) is 346 Å². The average molecular weight is 1820 g/mol. The largest absolute Gasteiger partial charge is 0.493 e. The molecule has 0 saturated carbocycles. The van der Waals surface area contributed by atoms with E-state index in [4.69, 9.17) is 9.47 Å². The van der Waals surface area contributed by atoms with Crippen LogP contribution in [0.15, 0.2) is 223 Å². The topological polar surface area (TPSA) is 323 Å². The number of carbonyl (C=O) groups excluding carboxylic acids is 8. The molecule has 9 aromatic carbocycles. The molecule has 0 radical (unpaired) electrons. The van der Waals surface area contributed by atoms with E-state index >= 15 is 0 Å². The molecular formula is C100H100BrF3N16O10. The number of anilines is 4. The van der Waals surface area contributed by atoms with Crippen molar-refractivity contribution in [2.45, 2.75) is 136 Å². The minimum atomic E-state index is -3.00. The number of rotatable bonds is 18. The fraction of sp³-hybridized carbons (Fsp3) is 0.260. The Labute approximate surface area is 758 Å². The maximum Gasteiger partial charge on any atom is 0.270 e. The molecule has 8 N–H and O–H groups in total. The number of benzene rings is 9. The summed E-state index contributed by atoms with van der Waals surface area (Å²) in [5, 5.41) is 41.4. The van der Waals surface area contributed by atoms with Crippen molar-refractivity contribution < 1.29 is 61.0 Å². The van der Waals surface area contributed by atoms with Gasteiger partial charge in [-0.3, -0.25) is 52.4 Å². The number of fused-ring (bicyclic) bond motifs is 4. The number of nitrogens with one attached hydrogen (secondary N) is 8. The van der Waals surface area contributed by atoms with Crippen molar-refractivity contribution in [2.75, 3.05) is 35.0 Å². The lowest BCUT2D eigenvalue weighted by Gasteiger charge is -2.33. The van der Waals surface area contributed by atoms with E-state index < -0.39 is 65.5 Å². The van der Waals surface area contributed by atoms with Gasteiger partial charge in [-0.15, -0.1) is 0 Å². The van der Waals surface area contributed by atoms with Gasteiger partial charge in [-0.25, -0.2) is 17.9 Å². The van der Waals surface area contributed by atoms with Crippen LogP contribution in [0.4, 0.5) is 36.4 Å². The molecule has 0 bridgehead atoms. The molecule has 30 heteroatoms. The van der Waals surface area contributed by atoms with Gasteiger partial charge in [0.25, 0.3) is 29.6 Å². The van der Waals surface area contributed by atoms with Crippen LogP contribution in [-0.4, -0.2) is 124 Å². The quantitative estimate of drug-likeness (QED) is 0.0396. The summed E-state index contributed by atoms with van der Waals surface area (Å²) in [6.45, 7) is 20.8. The van der Waals surface area contributed by atoms with Crippen LogP contribution < -0.4 is 52.0 Å². The Bertz CT molecular complexity index is 6500. The predicted molar refractivity (Wildman–Crippen MR) is 494 cm³/mol. The number of para-hydroxylation sites is 1. The lowest BCUT2D eigenvalue weighted by atomic mass is 9.81. The lowest BCUT2D eigenvalue weighted by molar-refractivity contribution is -0.119. The monoisotopic (exact) mass is 1820 g/mol. The lowest BCUT2D eigenvalue weighted by Crippen LogP contribution is -2.50. The minimum Gasteiger partial charge on any atom is -0.493 e. The first-order chi connectivity index (χ1) is 62.1. The summed E-state index contributed by atoms with van der Waals surface area (Å²) in [6, 6.07) is 60.7. The number of methoxy groups -OCH3 is 1. The van der Waals surface area contributed by atoms with Crippen LogP contribution in [0.2, 0.25) is 0 Å². The second-order valence-corrected chi connectivity index (χ2v) is 33.9. The van der Waals surface area contributed by atoms with Gasteiger partial charge in [0.1, 0.15) is 53.3 Å². The molecule has 26 nitrogen and oxygen atoms in total. The summed E-state index contributed by atoms with van der Waals surface area (Å²) in [6.07, 6.45) is 0. The van der Waals surface area contributed by atoms with Gasteiger partial charge in [-0.2, -0.15) is 20.4 Å². The maximum atomic E-state index is 13.9. The van der Waals surface area contributed by atoms with Gasteiger partial charge in [0.05, 0.1) is 46.7 Å². The van der Waals surface area contributed by atoms with Crippen LogP contribution in [0.1, 0.15) is 194 Å². The fourth-order valence-electron chi connectivity index (χ4n) is 17.2. The summed E-state index contributed by atoms with van der Waals surface area (Å²) in [5.74, 6) is -4.03. The molecule has 4 aromatic heterocycles.